The zero-order chi connectivity index (χ0) is 10.1. The summed E-state index contributed by atoms with van der Waals surface area (Å²) in [7, 11) is 0. The Labute approximate surface area is 85.7 Å². The molecular formula is C12H18S. The van der Waals surface area contributed by atoms with Gasteiger partial charge in [-0.1, -0.05) is 38.5 Å². The molecule has 0 bridgehead atoms. The van der Waals surface area contributed by atoms with E-state index in [0.29, 0.717) is 4.75 Å². The van der Waals surface area contributed by atoms with E-state index in [9.17, 15) is 0 Å². The van der Waals surface area contributed by atoms with Crippen LogP contribution in [0.2, 0.25) is 0 Å². The summed E-state index contributed by atoms with van der Waals surface area (Å²) in [6.45, 7) is 11.1. The Morgan fingerprint density at radius 1 is 1.08 bits per heavy atom. The molecule has 1 aromatic carbocycles. The lowest BCUT2D eigenvalue weighted by molar-refractivity contribution is 0.802. The average molecular weight is 194 g/mol. The maximum Gasteiger partial charge on any atom is 0.0122 e. The van der Waals surface area contributed by atoms with Crippen molar-refractivity contribution in [2.45, 2.75) is 44.3 Å². The number of hydrogen-bond acceptors (Lipinski definition) is 1. The molecule has 1 rings (SSSR count). The van der Waals surface area contributed by atoms with Crippen LogP contribution in [0.1, 0.15) is 31.9 Å². The Kier molecular flexibility index (Phi) is 3.07. The van der Waals surface area contributed by atoms with Gasteiger partial charge in [0.2, 0.25) is 0 Å². The predicted octanol–water partition coefficient (Wildman–Crippen LogP) is 4.19. The van der Waals surface area contributed by atoms with E-state index in [1.807, 2.05) is 11.8 Å². The van der Waals surface area contributed by atoms with E-state index >= 15 is 0 Å². The maximum atomic E-state index is 2.25. The van der Waals surface area contributed by atoms with E-state index in [1.54, 1.807) is 0 Å². The Morgan fingerprint density at radius 3 is 2.15 bits per heavy atom. The van der Waals surface area contributed by atoms with Gasteiger partial charge in [-0.2, -0.15) is 0 Å². The number of hydrogen-bond donors (Lipinski definition) is 0. The normalized spacial score (nSPS) is 11.8. The van der Waals surface area contributed by atoms with Crippen molar-refractivity contribution in [2.75, 3.05) is 0 Å². The zero-order valence-corrected chi connectivity index (χ0v) is 9.96. The van der Waals surface area contributed by atoms with Crippen LogP contribution >= 0.6 is 11.8 Å². The molecule has 0 saturated carbocycles. The Bertz CT molecular complexity index is 294. The fourth-order valence-corrected chi connectivity index (χ4v) is 2.26. The third kappa shape index (κ3) is 3.43. The van der Waals surface area contributed by atoms with Gasteiger partial charge in [-0.15, -0.1) is 11.8 Å². The van der Waals surface area contributed by atoms with Crippen LogP contribution in [0.25, 0.3) is 0 Å². The summed E-state index contributed by atoms with van der Waals surface area (Å²) >= 11 is 1.94. The van der Waals surface area contributed by atoms with Gasteiger partial charge >= 0.3 is 0 Å². The summed E-state index contributed by atoms with van der Waals surface area (Å²) < 4.78 is 0.306. The molecule has 0 heterocycles. The summed E-state index contributed by atoms with van der Waals surface area (Å²) in [6, 6.07) is 6.65. The summed E-state index contributed by atoms with van der Waals surface area (Å²) in [5.74, 6) is 0. The van der Waals surface area contributed by atoms with E-state index in [1.165, 1.54) is 16.0 Å². The van der Waals surface area contributed by atoms with Crippen molar-refractivity contribution >= 4 is 11.8 Å². The van der Waals surface area contributed by atoms with Gasteiger partial charge in [0, 0.05) is 9.64 Å². The molecule has 0 aliphatic rings. The lowest BCUT2D eigenvalue weighted by Gasteiger charge is -2.19. The first kappa shape index (κ1) is 10.6. The largest absolute Gasteiger partial charge is 0.120 e. The lowest BCUT2D eigenvalue weighted by atomic mass is 10.2. The molecule has 0 atom stereocenters. The average Bonchev–Trinajstić information content (AvgIpc) is 1.93. The summed E-state index contributed by atoms with van der Waals surface area (Å²) in [5, 5.41) is 0. The molecular weight excluding hydrogens is 176 g/mol. The third-order valence-electron chi connectivity index (χ3n) is 1.75. The highest BCUT2D eigenvalue weighted by Crippen LogP contribution is 2.33. The smallest absolute Gasteiger partial charge is 0.0122 e. The Balaban J connectivity index is 2.90. The van der Waals surface area contributed by atoms with Crippen LogP contribution < -0.4 is 0 Å². The fourth-order valence-electron chi connectivity index (χ4n) is 1.24. The first-order valence-corrected chi connectivity index (χ1v) is 5.46. The minimum absolute atomic E-state index is 0.306. The molecule has 0 saturated heterocycles. The van der Waals surface area contributed by atoms with Crippen molar-refractivity contribution in [3.63, 3.8) is 0 Å². The summed E-state index contributed by atoms with van der Waals surface area (Å²) in [4.78, 5) is 1.40. The van der Waals surface area contributed by atoms with Gasteiger partial charge in [0.15, 0.2) is 0 Å². The first-order valence-electron chi connectivity index (χ1n) is 4.65. The number of aryl methyl sites for hydroxylation is 2. The number of thioether (sulfide) groups is 1. The van der Waals surface area contributed by atoms with Crippen LogP contribution in [0.15, 0.2) is 23.1 Å². The molecule has 0 spiro atoms. The van der Waals surface area contributed by atoms with Crippen LogP contribution in [-0.2, 0) is 0 Å². The van der Waals surface area contributed by atoms with Gasteiger partial charge in [0.25, 0.3) is 0 Å². The molecule has 13 heavy (non-hydrogen) atoms. The van der Waals surface area contributed by atoms with Crippen molar-refractivity contribution in [3.8, 4) is 0 Å². The van der Waals surface area contributed by atoms with Crippen molar-refractivity contribution in [1.29, 1.82) is 0 Å². The minimum Gasteiger partial charge on any atom is -0.120 e. The van der Waals surface area contributed by atoms with Gasteiger partial charge in [0.1, 0.15) is 0 Å². The third-order valence-corrected chi connectivity index (χ3v) is 3.04. The van der Waals surface area contributed by atoms with Crippen LogP contribution in [0.3, 0.4) is 0 Å². The number of benzene rings is 1. The van der Waals surface area contributed by atoms with E-state index in [2.05, 4.69) is 52.8 Å². The SMILES string of the molecule is Cc1ccc(SC(C)(C)C)c(C)c1. The lowest BCUT2D eigenvalue weighted by Crippen LogP contribution is -2.07. The fraction of sp³-hybridized carbons (Fsp3) is 0.500. The second-order valence-corrected chi connectivity index (χ2v) is 6.35. The molecule has 1 heteroatoms. The van der Waals surface area contributed by atoms with Gasteiger partial charge in [-0.05, 0) is 25.5 Å². The quantitative estimate of drug-likeness (QED) is 0.604. The molecule has 0 fully saturated rings. The molecule has 0 aliphatic heterocycles. The van der Waals surface area contributed by atoms with Gasteiger partial charge in [-0.25, -0.2) is 0 Å². The first-order chi connectivity index (χ1) is 5.88. The molecule has 72 valence electrons. The van der Waals surface area contributed by atoms with Crippen LogP contribution in [0.5, 0.6) is 0 Å². The van der Waals surface area contributed by atoms with Gasteiger partial charge < -0.3 is 0 Å². The minimum atomic E-state index is 0.306. The molecule has 0 unspecified atom stereocenters. The van der Waals surface area contributed by atoms with Gasteiger partial charge in [-0.3, -0.25) is 0 Å². The topological polar surface area (TPSA) is 0 Å². The zero-order valence-electron chi connectivity index (χ0n) is 9.14. The Morgan fingerprint density at radius 2 is 1.69 bits per heavy atom. The molecule has 1 aromatic rings. The van der Waals surface area contributed by atoms with Gasteiger partial charge in [0.05, 0.1) is 0 Å². The summed E-state index contributed by atoms with van der Waals surface area (Å²) in [6.07, 6.45) is 0. The molecule has 0 N–H and O–H groups in total. The van der Waals surface area contributed by atoms with E-state index < -0.39 is 0 Å². The number of rotatable bonds is 1. The van der Waals surface area contributed by atoms with E-state index in [0.717, 1.165) is 0 Å². The highest BCUT2D eigenvalue weighted by atomic mass is 32.2. The standard InChI is InChI=1S/C12H18S/c1-9-6-7-11(10(2)8-9)13-12(3,4)5/h6-8H,1-5H3. The van der Waals surface area contributed by atoms with Crippen LogP contribution in [0.4, 0.5) is 0 Å². The molecule has 0 amide bonds. The maximum absolute atomic E-state index is 2.25. The van der Waals surface area contributed by atoms with Crippen molar-refractivity contribution in [3.05, 3.63) is 29.3 Å². The monoisotopic (exact) mass is 194 g/mol. The predicted molar refractivity (Wildman–Crippen MR) is 61.5 cm³/mol. The Hall–Kier alpha value is -0.430. The second kappa shape index (κ2) is 3.75. The van der Waals surface area contributed by atoms with Crippen molar-refractivity contribution in [2.24, 2.45) is 0 Å². The highest BCUT2D eigenvalue weighted by Gasteiger charge is 2.13. The molecule has 0 nitrogen and oxygen atoms in total. The van der Waals surface area contributed by atoms with E-state index in [4.69, 9.17) is 0 Å². The highest BCUT2D eigenvalue weighted by molar-refractivity contribution is 8.00. The van der Waals surface area contributed by atoms with Crippen LogP contribution in [-0.4, -0.2) is 4.75 Å². The summed E-state index contributed by atoms with van der Waals surface area (Å²) in [5.41, 5.74) is 2.73. The van der Waals surface area contributed by atoms with Crippen molar-refractivity contribution < 1.29 is 0 Å². The van der Waals surface area contributed by atoms with Crippen molar-refractivity contribution in [1.82, 2.24) is 0 Å². The van der Waals surface area contributed by atoms with E-state index in [-0.39, 0.29) is 0 Å². The van der Waals surface area contributed by atoms with Crippen LogP contribution in [0, 0.1) is 13.8 Å². The molecule has 0 aromatic heterocycles. The molecule has 0 radical (unpaired) electrons. The molecule has 0 aliphatic carbocycles. The second-order valence-electron chi connectivity index (χ2n) is 4.48.